The largest absolute Gasteiger partial charge is 0.495 e. The fraction of sp³-hybridized carbons (Fsp3) is 0.625. The molecule has 0 saturated carbocycles. The maximum Gasteiger partial charge on any atom is 0.137 e. The molecule has 0 unspecified atom stereocenters. The van der Waals surface area contributed by atoms with Gasteiger partial charge in [-0.05, 0) is 37.0 Å². The Balaban J connectivity index is 1.85. The fourth-order valence-corrected chi connectivity index (χ4v) is 3.03. The number of piperidine rings is 1. The summed E-state index contributed by atoms with van der Waals surface area (Å²) in [7, 11) is 1.64. The molecule has 1 aliphatic rings. The highest BCUT2D eigenvalue weighted by Crippen LogP contribution is 2.28. The van der Waals surface area contributed by atoms with E-state index >= 15 is 0 Å². The molecule has 2 rings (SSSR count). The lowest BCUT2D eigenvalue weighted by molar-refractivity contribution is 0.198. The second-order valence-electron chi connectivity index (χ2n) is 5.96. The third-order valence-corrected chi connectivity index (χ3v) is 4.03. The summed E-state index contributed by atoms with van der Waals surface area (Å²) in [5, 5.41) is 4.24. The minimum Gasteiger partial charge on any atom is -0.495 e. The summed E-state index contributed by atoms with van der Waals surface area (Å²) < 4.78 is 5.17. The molecule has 1 heterocycles. The van der Waals surface area contributed by atoms with Gasteiger partial charge in [0.1, 0.15) is 5.75 Å². The number of anilines is 1. The molecule has 0 aromatic heterocycles. The van der Waals surface area contributed by atoms with E-state index in [0.29, 0.717) is 11.1 Å². The molecule has 0 aliphatic carbocycles. The molecule has 3 nitrogen and oxygen atoms in total. The van der Waals surface area contributed by atoms with Gasteiger partial charge >= 0.3 is 0 Å². The Morgan fingerprint density at radius 2 is 2.05 bits per heavy atom. The standard InChI is InChI=1S/C16H25ClN2O/c1-12(2)11-19-8-6-13(7-9-19)18-14-4-5-16(20-3)15(17)10-14/h4-5,10,12-13,18H,6-9,11H2,1-3H3. The first kappa shape index (κ1) is 15.5. The minimum atomic E-state index is 0.544. The topological polar surface area (TPSA) is 24.5 Å². The molecule has 1 fully saturated rings. The van der Waals surface area contributed by atoms with Gasteiger partial charge in [-0.25, -0.2) is 0 Å². The summed E-state index contributed by atoms with van der Waals surface area (Å²) in [6.45, 7) is 8.13. The quantitative estimate of drug-likeness (QED) is 0.892. The van der Waals surface area contributed by atoms with E-state index in [1.807, 2.05) is 18.2 Å². The smallest absolute Gasteiger partial charge is 0.137 e. The Bertz CT molecular complexity index is 428. The normalized spacial score (nSPS) is 17.4. The molecule has 1 aromatic carbocycles. The van der Waals surface area contributed by atoms with Crippen molar-refractivity contribution in [1.82, 2.24) is 4.90 Å². The van der Waals surface area contributed by atoms with Gasteiger partial charge in [0.05, 0.1) is 12.1 Å². The van der Waals surface area contributed by atoms with Crippen LogP contribution in [0.3, 0.4) is 0 Å². The van der Waals surface area contributed by atoms with Crippen LogP contribution in [-0.4, -0.2) is 37.7 Å². The summed E-state index contributed by atoms with van der Waals surface area (Å²) >= 11 is 6.15. The van der Waals surface area contributed by atoms with Crippen molar-refractivity contribution in [3.8, 4) is 5.75 Å². The number of halogens is 1. The number of benzene rings is 1. The van der Waals surface area contributed by atoms with Gasteiger partial charge in [-0.2, -0.15) is 0 Å². The van der Waals surface area contributed by atoms with Gasteiger partial charge in [-0.3, -0.25) is 0 Å². The van der Waals surface area contributed by atoms with Crippen LogP contribution in [0.4, 0.5) is 5.69 Å². The van der Waals surface area contributed by atoms with Crippen LogP contribution in [0, 0.1) is 5.92 Å². The van der Waals surface area contributed by atoms with Crippen LogP contribution < -0.4 is 10.1 Å². The highest BCUT2D eigenvalue weighted by atomic mass is 35.5. The van der Waals surface area contributed by atoms with Crippen molar-refractivity contribution in [2.75, 3.05) is 32.1 Å². The SMILES string of the molecule is COc1ccc(NC2CCN(CC(C)C)CC2)cc1Cl. The number of methoxy groups -OCH3 is 1. The van der Waals surface area contributed by atoms with Crippen molar-refractivity contribution in [3.63, 3.8) is 0 Å². The van der Waals surface area contributed by atoms with Crippen molar-refractivity contribution in [2.45, 2.75) is 32.7 Å². The number of nitrogens with zero attached hydrogens (tertiary/aromatic N) is 1. The van der Waals surface area contributed by atoms with Gasteiger partial charge in [0, 0.05) is 31.4 Å². The zero-order chi connectivity index (χ0) is 14.5. The highest BCUT2D eigenvalue weighted by molar-refractivity contribution is 6.32. The molecule has 1 N–H and O–H groups in total. The highest BCUT2D eigenvalue weighted by Gasteiger charge is 2.19. The predicted molar refractivity (Wildman–Crippen MR) is 85.9 cm³/mol. The molecule has 0 bridgehead atoms. The van der Waals surface area contributed by atoms with Gasteiger partial charge in [0.25, 0.3) is 0 Å². The van der Waals surface area contributed by atoms with Crippen LogP contribution in [0.1, 0.15) is 26.7 Å². The second-order valence-corrected chi connectivity index (χ2v) is 6.37. The first-order valence-electron chi connectivity index (χ1n) is 7.41. The van der Waals surface area contributed by atoms with Crippen molar-refractivity contribution in [1.29, 1.82) is 0 Å². The molecule has 1 aromatic rings. The molecule has 112 valence electrons. The Labute approximate surface area is 127 Å². The molecule has 1 saturated heterocycles. The number of hydrogen-bond acceptors (Lipinski definition) is 3. The molecule has 0 amide bonds. The molecular formula is C16H25ClN2O. The second kappa shape index (κ2) is 7.19. The number of hydrogen-bond donors (Lipinski definition) is 1. The Hall–Kier alpha value is -0.930. The maximum atomic E-state index is 6.15. The van der Waals surface area contributed by atoms with Crippen molar-refractivity contribution < 1.29 is 4.74 Å². The van der Waals surface area contributed by atoms with Crippen LogP contribution >= 0.6 is 11.6 Å². The predicted octanol–water partition coefficient (Wildman–Crippen LogP) is 3.88. The van der Waals surface area contributed by atoms with Gasteiger partial charge in [0.2, 0.25) is 0 Å². The van der Waals surface area contributed by atoms with E-state index in [1.165, 1.54) is 32.5 Å². The van der Waals surface area contributed by atoms with Gasteiger partial charge in [-0.15, -0.1) is 0 Å². The maximum absolute atomic E-state index is 6.15. The summed E-state index contributed by atoms with van der Waals surface area (Å²) in [4.78, 5) is 2.56. The van der Waals surface area contributed by atoms with Gasteiger partial charge in [0.15, 0.2) is 0 Å². The summed E-state index contributed by atoms with van der Waals surface area (Å²) in [6, 6.07) is 6.44. The van der Waals surface area contributed by atoms with Crippen molar-refractivity contribution >= 4 is 17.3 Å². The lowest BCUT2D eigenvalue weighted by Crippen LogP contribution is -2.40. The monoisotopic (exact) mass is 296 g/mol. The summed E-state index contributed by atoms with van der Waals surface area (Å²) in [5.41, 5.74) is 1.08. The molecule has 20 heavy (non-hydrogen) atoms. The minimum absolute atomic E-state index is 0.544. The Morgan fingerprint density at radius 3 is 2.60 bits per heavy atom. The lowest BCUT2D eigenvalue weighted by Gasteiger charge is -2.33. The summed E-state index contributed by atoms with van der Waals surface area (Å²) in [6.07, 6.45) is 2.38. The van der Waals surface area contributed by atoms with Crippen LogP contribution in [0.15, 0.2) is 18.2 Å². The summed E-state index contributed by atoms with van der Waals surface area (Å²) in [5.74, 6) is 1.48. The van der Waals surface area contributed by atoms with E-state index in [4.69, 9.17) is 16.3 Å². The number of nitrogens with one attached hydrogen (secondary N) is 1. The van der Waals surface area contributed by atoms with E-state index < -0.39 is 0 Å². The van der Waals surface area contributed by atoms with Crippen LogP contribution in [0.5, 0.6) is 5.75 Å². The molecule has 1 aliphatic heterocycles. The van der Waals surface area contributed by atoms with E-state index in [-0.39, 0.29) is 0 Å². The number of ether oxygens (including phenoxy) is 1. The molecule has 0 radical (unpaired) electrons. The van der Waals surface area contributed by atoms with Crippen LogP contribution in [0.2, 0.25) is 5.02 Å². The lowest BCUT2D eigenvalue weighted by atomic mass is 10.0. The van der Waals surface area contributed by atoms with E-state index in [0.717, 1.165) is 17.4 Å². The third-order valence-electron chi connectivity index (χ3n) is 3.73. The number of rotatable bonds is 5. The molecule has 0 atom stereocenters. The molecule has 0 spiro atoms. The fourth-order valence-electron chi connectivity index (χ4n) is 2.77. The van der Waals surface area contributed by atoms with Crippen LogP contribution in [-0.2, 0) is 0 Å². The van der Waals surface area contributed by atoms with E-state index in [1.54, 1.807) is 7.11 Å². The Morgan fingerprint density at radius 1 is 1.35 bits per heavy atom. The van der Waals surface area contributed by atoms with E-state index in [2.05, 4.69) is 24.1 Å². The first-order chi connectivity index (χ1) is 9.58. The van der Waals surface area contributed by atoms with Gasteiger partial charge < -0.3 is 15.0 Å². The zero-order valence-electron chi connectivity index (χ0n) is 12.7. The average molecular weight is 297 g/mol. The third kappa shape index (κ3) is 4.29. The van der Waals surface area contributed by atoms with Crippen molar-refractivity contribution in [3.05, 3.63) is 23.2 Å². The van der Waals surface area contributed by atoms with Gasteiger partial charge in [-0.1, -0.05) is 25.4 Å². The van der Waals surface area contributed by atoms with Crippen molar-refractivity contribution in [2.24, 2.45) is 5.92 Å². The molecule has 4 heteroatoms. The zero-order valence-corrected chi connectivity index (χ0v) is 13.4. The average Bonchev–Trinajstić information content (AvgIpc) is 2.41. The van der Waals surface area contributed by atoms with Crippen LogP contribution in [0.25, 0.3) is 0 Å². The Kier molecular flexibility index (Phi) is 5.55. The number of likely N-dealkylation sites (tertiary alicyclic amines) is 1. The molecular weight excluding hydrogens is 272 g/mol. The van der Waals surface area contributed by atoms with E-state index in [9.17, 15) is 0 Å². The first-order valence-corrected chi connectivity index (χ1v) is 7.78.